The summed E-state index contributed by atoms with van der Waals surface area (Å²) < 4.78 is 0. The molecule has 0 aliphatic rings. The molecule has 1 aromatic carbocycles. The van der Waals surface area contributed by atoms with Crippen molar-refractivity contribution in [2.45, 2.75) is 13.8 Å². The van der Waals surface area contributed by atoms with E-state index in [0.29, 0.717) is 22.0 Å². The van der Waals surface area contributed by atoms with E-state index in [1.807, 2.05) is 13.8 Å². The van der Waals surface area contributed by atoms with Crippen LogP contribution in [0, 0.1) is 5.41 Å². The van der Waals surface area contributed by atoms with Crippen molar-refractivity contribution < 1.29 is 0 Å². The Bertz CT molecular complexity index is 297. The molecule has 0 unspecified atom stereocenters. The quantitative estimate of drug-likeness (QED) is 0.480. The second-order valence-electron chi connectivity index (χ2n) is 2.12. The average molecular weight is 200 g/mol. The van der Waals surface area contributed by atoms with Crippen LogP contribution in [-0.2, 0) is 0 Å². The Hall–Kier alpha value is -1.22. The molecule has 0 fully saturated rings. The molecule has 1 aromatic rings. The summed E-state index contributed by atoms with van der Waals surface area (Å²) in [5.74, 6) is 0. The molecule has 0 spiro atoms. The van der Waals surface area contributed by atoms with Crippen LogP contribution >= 0.6 is 11.6 Å². The highest BCUT2D eigenvalue weighted by Gasteiger charge is 2.04. The molecular weight excluding hydrogens is 186 g/mol. The van der Waals surface area contributed by atoms with Gasteiger partial charge in [-0.15, -0.1) is 0 Å². The molecule has 4 heteroatoms. The van der Waals surface area contributed by atoms with E-state index in [-0.39, 0.29) is 0 Å². The van der Waals surface area contributed by atoms with Gasteiger partial charge in [0.15, 0.2) is 0 Å². The van der Waals surface area contributed by atoms with Crippen LogP contribution in [0.4, 0.5) is 11.4 Å². The average Bonchev–Trinajstić information content (AvgIpc) is 2.16. The molecule has 0 aliphatic carbocycles. The van der Waals surface area contributed by atoms with Crippen molar-refractivity contribution in [2.75, 3.05) is 11.5 Å². The number of hydrogen-bond donors (Lipinski definition) is 3. The molecule has 13 heavy (non-hydrogen) atoms. The zero-order valence-electron chi connectivity index (χ0n) is 7.76. The molecule has 0 aliphatic heterocycles. The monoisotopic (exact) mass is 199 g/mol. The van der Waals surface area contributed by atoms with Gasteiger partial charge in [0, 0.05) is 17.5 Å². The minimum absolute atomic E-state index is 0.347. The first-order chi connectivity index (χ1) is 6.16. The summed E-state index contributed by atoms with van der Waals surface area (Å²) in [4.78, 5) is 0. The predicted molar refractivity (Wildman–Crippen MR) is 59.5 cm³/mol. The summed E-state index contributed by atoms with van der Waals surface area (Å²) >= 11 is 5.74. The smallest absolute Gasteiger partial charge is 0.0743 e. The molecule has 0 amide bonds. The van der Waals surface area contributed by atoms with Gasteiger partial charge >= 0.3 is 0 Å². The summed E-state index contributed by atoms with van der Waals surface area (Å²) in [6.45, 7) is 4.00. The normalized spacial score (nSPS) is 8.54. The number of benzene rings is 1. The van der Waals surface area contributed by atoms with Crippen molar-refractivity contribution in [3.8, 4) is 0 Å². The van der Waals surface area contributed by atoms with Gasteiger partial charge in [-0.1, -0.05) is 25.4 Å². The second-order valence-corrected chi connectivity index (χ2v) is 2.49. The molecular formula is C9H14ClN3. The lowest BCUT2D eigenvalue weighted by Crippen LogP contribution is -1.97. The van der Waals surface area contributed by atoms with Gasteiger partial charge in [-0.25, -0.2) is 0 Å². The summed E-state index contributed by atoms with van der Waals surface area (Å²) in [5, 5.41) is 7.32. The first kappa shape index (κ1) is 11.8. The third-order valence-electron chi connectivity index (χ3n) is 1.39. The molecule has 0 heterocycles. The third-order valence-corrected chi connectivity index (χ3v) is 1.81. The van der Waals surface area contributed by atoms with Crippen molar-refractivity contribution in [1.82, 2.24) is 0 Å². The Morgan fingerprint density at radius 2 is 1.69 bits per heavy atom. The van der Waals surface area contributed by atoms with Gasteiger partial charge in [0.1, 0.15) is 0 Å². The van der Waals surface area contributed by atoms with E-state index in [2.05, 4.69) is 0 Å². The molecule has 72 valence electrons. The summed E-state index contributed by atoms with van der Waals surface area (Å²) in [6.07, 6.45) is 1.09. The van der Waals surface area contributed by atoms with Gasteiger partial charge in [-0.3, -0.25) is 0 Å². The van der Waals surface area contributed by atoms with Gasteiger partial charge in [0.2, 0.25) is 0 Å². The van der Waals surface area contributed by atoms with Crippen LogP contribution in [0.3, 0.4) is 0 Å². The van der Waals surface area contributed by atoms with E-state index in [1.54, 1.807) is 12.1 Å². The minimum Gasteiger partial charge on any atom is -0.398 e. The van der Waals surface area contributed by atoms with Crippen LogP contribution in [0.1, 0.15) is 19.4 Å². The predicted octanol–water partition coefficient (Wildman–Crippen LogP) is 2.53. The molecule has 0 atom stereocenters. The van der Waals surface area contributed by atoms with Crippen LogP contribution in [-0.4, -0.2) is 6.21 Å². The number of halogens is 1. The van der Waals surface area contributed by atoms with Crippen molar-refractivity contribution in [3.63, 3.8) is 0 Å². The SMILES string of the molecule is CC.N=Cc1c(N)ccc(N)c1Cl. The van der Waals surface area contributed by atoms with E-state index >= 15 is 0 Å². The molecule has 0 saturated heterocycles. The standard InChI is InChI=1S/C7H8ClN3.C2H6/c8-7-4(3-9)5(10)1-2-6(7)11;1-2/h1-3,9H,10-11H2;1-2H3. The molecule has 3 nitrogen and oxygen atoms in total. The largest absolute Gasteiger partial charge is 0.398 e. The lowest BCUT2D eigenvalue weighted by atomic mass is 10.2. The summed E-state index contributed by atoms with van der Waals surface area (Å²) in [7, 11) is 0. The van der Waals surface area contributed by atoms with Crippen LogP contribution in [0.5, 0.6) is 0 Å². The summed E-state index contributed by atoms with van der Waals surface area (Å²) in [6, 6.07) is 3.24. The zero-order valence-corrected chi connectivity index (χ0v) is 8.52. The first-order valence-corrected chi connectivity index (χ1v) is 4.38. The van der Waals surface area contributed by atoms with E-state index in [9.17, 15) is 0 Å². The van der Waals surface area contributed by atoms with Crippen LogP contribution in [0.25, 0.3) is 0 Å². The van der Waals surface area contributed by atoms with Crippen LogP contribution < -0.4 is 11.5 Å². The number of nitrogens with two attached hydrogens (primary N) is 2. The number of nitrogens with one attached hydrogen (secondary N) is 1. The highest BCUT2D eigenvalue weighted by Crippen LogP contribution is 2.26. The molecule has 0 bridgehead atoms. The highest BCUT2D eigenvalue weighted by atomic mass is 35.5. The second kappa shape index (κ2) is 5.43. The maximum absolute atomic E-state index is 6.98. The molecule has 0 aromatic heterocycles. The number of rotatable bonds is 1. The van der Waals surface area contributed by atoms with Crippen molar-refractivity contribution >= 4 is 29.2 Å². The van der Waals surface area contributed by atoms with Crippen molar-refractivity contribution in [3.05, 3.63) is 22.7 Å². The van der Waals surface area contributed by atoms with Gasteiger partial charge in [0.25, 0.3) is 0 Å². The number of anilines is 2. The lowest BCUT2D eigenvalue weighted by molar-refractivity contribution is 1.50. The van der Waals surface area contributed by atoms with Gasteiger partial charge in [0.05, 0.1) is 10.7 Å². The topological polar surface area (TPSA) is 75.9 Å². The van der Waals surface area contributed by atoms with Gasteiger partial charge in [-0.05, 0) is 12.1 Å². The fraction of sp³-hybridized carbons (Fsp3) is 0.222. The van der Waals surface area contributed by atoms with Gasteiger partial charge < -0.3 is 16.9 Å². The lowest BCUT2D eigenvalue weighted by Gasteiger charge is -2.03. The Balaban J connectivity index is 0.000000671. The Labute approximate surface area is 83.2 Å². The number of hydrogen-bond acceptors (Lipinski definition) is 3. The fourth-order valence-corrected chi connectivity index (χ4v) is 0.998. The van der Waals surface area contributed by atoms with Crippen LogP contribution in [0.2, 0.25) is 5.02 Å². The molecule has 0 saturated carbocycles. The van der Waals surface area contributed by atoms with Crippen molar-refractivity contribution in [2.24, 2.45) is 0 Å². The van der Waals surface area contributed by atoms with E-state index in [1.165, 1.54) is 0 Å². The first-order valence-electron chi connectivity index (χ1n) is 4.00. The molecule has 0 radical (unpaired) electrons. The Morgan fingerprint density at radius 1 is 1.23 bits per heavy atom. The minimum atomic E-state index is 0.347. The van der Waals surface area contributed by atoms with E-state index in [0.717, 1.165) is 6.21 Å². The van der Waals surface area contributed by atoms with Crippen molar-refractivity contribution in [1.29, 1.82) is 5.41 Å². The fourth-order valence-electron chi connectivity index (χ4n) is 0.771. The Kier molecular flexibility index (Phi) is 4.92. The maximum Gasteiger partial charge on any atom is 0.0743 e. The molecule has 5 N–H and O–H groups in total. The van der Waals surface area contributed by atoms with E-state index in [4.69, 9.17) is 28.5 Å². The molecule has 1 rings (SSSR count). The highest BCUT2D eigenvalue weighted by molar-refractivity contribution is 6.36. The Morgan fingerprint density at radius 3 is 2.08 bits per heavy atom. The summed E-state index contributed by atoms with van der Waals surface area (Å²) in [5.41, 5.74) is 12.4. The third kappa shape index (κ3) is 2.63. The van der Waals surface area contributed by atoms with Crippen LogP contribution in [0.15, 0.2) is 12.1 Å². The van der Waals surface area contributed by atoms with E-state index < -0.39 is 0 Å². The van der Waals surface area contributed by atoms with Gasteiger partial charge in [-0.2, -0.15) is 0 Å². The number of nitrogen functional groups attached to an aromatic ring is 2. The maximum atomic E-state index is 6.98. The zero-order chi connectivity index (χ0) is 10.4.